The minimum atomic E-state index is -0.0570. The van der Waals surface area contributed by atoms with E-state index in [0.29, 0.717) is 36.3 Å². The summed E-state index contributed by atoms with van der Waals surface area (Å²) in [6.07, 6.45) is 1.02. The highest BCUT2D eigenvalue weighted by Gasteiger charge is 2.17. The summed E-state index contributed by atoms with van der Waals surface area (Å²) in [7, 11) is 0. The molecule has 1 aliphatic rings. The Bertz CT molecular complexity index is 495. The Morgan fingerprint density at radius 1 is 1.43 bits per heavy atom. The fraction of sp³-hybridized carbons (Fsp3) is 0.500. The maximum absolute atomic E-state index is 11.8. The zero-order valence-electron chi connectivity index (χ0n) is 11.9. The van der Waals surface area contributed by atoms with E-state index in [2.05, 4.69) is 5.32 Å². The van der Waals surface area contributed by atoms with Crippen molar-refractivity contribution in [2.45, 2.75) is 25.8 Å². The highest BCUT2D eigenvalue weighted by atomic mass is 35.5. The van der Waals surface area contributed by atoms with Crippen LogP contribution in [0.1, 0.15) is 18.9 Å². The van der Waals surface area contributed by atoms with Gasteiger partial charge in [0.1, 0.15) is 13.2 Å². The van der Waals surface area contributed by atoms with Gasteiger partial charge < -0.3 is 20.5 Å². The van der Waals surface area contributed by atoms with Gasteiger partial charge in [-0.05, 0) is 31.0 Å². The highest BCUT2D eigenvalue weighted by Crippen LogP contribution is 2.38. The predicted molar refractivity (Wildman–Crippen MR) is 84.7 cm³/mol. The number of hydrogen-bond donors (Lipinski definition) is 2. The number of carbonyl (C=O) groups excluding carboxylic acids is 1. The molecule has 1 unspecified atom stereocenters. The number of nitrogens with one attached hydrogen (secondary N) is 1. The quantitative estimate of drug-likeness (QED) is 0.862. The number of rotatable bonds is 5. The average molecular weight is 335 g/mol. The van der Waals surface area contributed by atoms with E-state index in [1.54, 1.807) is 12.1 Å². The van der Waals surface area contributed by atoms with Crippen molar-refractivity contribution in [3.8, 4) is 11.5 Å². The first-order chi connectivity index (χ1) is 9.56. The summed E-state index contributed by atoms with van der Waals surface area (Å²) in [4.78, 5) is 11.8. The molecule has 0 bridgehead atoms. The Labute approximate surface area is 135 Å². The van der Waals surface area contributed by atoms with Crippen LogP contribution in [-0.4, -0.2) is 31.7 Å². The summed E-state index contributed by atoms with van der Waals surface area (Å²) in [5, 5.41) is 3.30. The van der Waals surface area contributed by atoms with Gasteiger partial charge in [0.2, 0.25) is 5.91 Å². The Morgan fingerprint density at radius 3 is 2.86 bits per heavy atom. The number of amides is 1. The summed E-state index contributed by atoms with van der Waals surface area (Å²) < 4.78 is 10.9. The summed E-state index contributed by atoms with van der Waals surface area (Å²) in [6, 6.07) is 3.62. The van der Waals surface area contributed by atoms with E-state index < -0.39 is 0 Å². The molecule has 1 aliphatic heterocycles. The van der Waals surface area contributed by atoms with E-state index in [4.69, 9.17) is 26.8 Å². The molecule has 3 N–H and O–H groups in total. The fourth-order valence-electron chi connectivity index (χ4n) is 1.95. The number of fused-ring (bicyclic) bond motifs is 1. The molecule has 1 heterocycles. The van der Waals surface area contributed by atoms with Gasteiger partial charge in [-0.15, -0.1) is 12.4 Å². The van der Waals surface area contributed by atoms with Gasteiger partial charge in [-0.25, -0.2) is 0 Å². The van der Waals surface area contributed by atoms with E-state index >= 15 is 0 Å². The van der Waals surface area contributed by atoms with Gasteiger partial charge in [-0.3, -0.25) is 4.79 Å². The van der Waals surface area contributed by atoms with Gasteiger partial charge in [-0.1, -0.05) is 11.6 Å². The zero-order chi connectivity index (χ0) is 14.5. The predicted octanol–water partition coefficient (Wildman–Crippen LogP) is 1.93. The first kappa shape index (κ1) is 17.9. The Morgan fingerprint density at radius 2 is 2.14 bits per heavy atom. The van der Waals surface area contributed by atoms with Crippen molar-refractivity contribution in [1.29, 1.82) is 0 Å². The Balaban J connectivity index is 0.00000220. The van der Waals surface area contributed by atoms with Crippen LogP contribution in [0.15, 0.2) is 12.1 Å². The first-order valence-electron chi connectivity index (χ1n) is 6.66. The molecule has 2 rings (SSSR count). The monoisotopic (exact) mass is 334 g/mol. The third kappa shape index (κ3) is 5.26. The summed E-state index contributed by atoms with van der Waals surface area (Å²) >= 11 is 6.12. The van der Waals surface area contributed by atoms with Crippen LogP contribution in [0.2, 0.25) is 5.02 Å². The molecule has 1 aromatic rings. The molecule has 0 spiro atoms. The third-order valence-electron chi connectivity index (χ3n) is 2.94. The van der Waals surface area contributed by atoms with Crippen molar-refractivity contribution in [2.24, 2.45) is 5.73 Å². The third-order valence-corrected chi connectivity index (χ3v) is 3.22. The van der Waals surface area contributed by atoms with Gasteiger partial charge >= 0.3 is 0 Å². The van der Waals surface area contributed by atoms with Gasteiger partial charge in [-0.2, -0.15) is 0 Å². The van der Waals surface area contributed by atoms with E-state index in [9.17, 15) is 4.79 Å². The molecule has 0 aromatic heterocycles. The topological polar surface area (TPSA) is 73.6 Å². The number of hydrogen-bond acceptors (Lipinski definition) is 4. The lowest BCUT2D eigenvalue weighted by Crippen LogP contribution is -2.30. The minimum absolute atomic E-state index is 0. The Hall–Kier alpha value is -1.17. The molecule has 0 saturated heterocycles. The van der Waals surface area contributed by atoms with Gasteiger partial charge in [0, 0.05) is 12.6 Å². The maximum atomic E-state index is 11.8. The Kier molecular flexibility index (Phi) is 7.08. The first-order valence-corrected chi connectivity index (χ1v) is 7.04. The van der Waals surface area contributed by atoms with E-state index in [-0.39, 0.29) is 30.8 Å². The van der Waals surface area contributed by atoms with Crippen molar-refractivity contribution in [1.82, 2.24) is 5.32 Å². The molecule has 1 atom stereocenters. The maximum Gasteiger partial charge on any atom is 0.224 e. The lowest BCUT2D eigenvalue weighted by molar-refractivity contribution is -0.120. The number of nitrogens with two attached hydrogens (primary N) is 1. The molecule has 1 aromatic carbocycles. The van der Waals surface area contributed by atoms with Gasteiger partial charge in [0.15, 0.2) is 11.5 Å². The van der Waals surface area contributed by atoms with Crippen LogP contribution in [0.5, 0.6) is 11.5 Å². The molecule has 0 fully saturated rings. The molecule has 21 heavy (non-hydrogen) atoms. The molecule has 0 aliphatic carbocycles. The summed E-state index contributed by atoms with van der Waals surface area (Å²) in [6.45, 7) is 3.47. The number of carbonyl (C=O) groups is 1. The van der Waals surface area contributed by atoms with Gasteiger partial charge in [0.05, 0.1) is 11.4 Å². The molecule has 1 amide bonds. The largest absolute Gasteiger partial charge is 0.486 e. The van der Waals surface area contributed by atoms with Crippen LogP contribution < -0.4 is 20.5 Å². The van der Waals surface area contributed by atoms with E-state index in [0.717, 1.165) is 12.0 Å². The lowest BCUT2D eigenvalue weighted by Gasteiger charge is -2.20. The second-order valence-corrected chi connectivity index (χ2v) is 5.30. The number of halogens is 2. The van der Waals surface area contributed by atoms with Crippen LogP contribution in [-0.2, 0) is 11.2 Å². The second-order valence-electron chi connectivity index (χ2n) is 4.89. The molecular weight excluding hydrogens is 315 g/mol. The molecule has 5 nitrogen and oxygen atoms in total. The number of benzene rings is 1. The highest BCUT2D eigenvalue weighted by molar-refractivity contribution is 6.32. The summed E-state index contributed by atoms with van der Waals surface area (Å²) in [5.74, 6) is 1.10. The van der Waals surface area contributed by atoms with Crippen LogP contribution in [0, 0.1) is 0 Å². The smallest absolute Gasteiger partial charge is 0.224 e. The van der Waals surface area contributed by atoms with Crippen LogP contribution >= 0.6 is 24.0 Å². The lowest BCUT2D eigenvalue weighted by atomic mass is 10.1. The average Bonchev–Trinajstić information content (AvgIpc) is 2.38. The van der Waals surface area contributed by atoms with Crippen LogP contribution in [0.25, 0.3) is 0 Å². The zero-order valence-corrected chi connectivity index (χ0v) is 13.4. The van der Waals surface area contributed by atoms with Crippen molar-refractivity contribution < 1.29 is 14.3 Å². The van der Waals surface area contributed by atoms with E-state index in [1.165, 1.54) is 0 Å². The van der Waals surface area contributed by atoms with Crippen LogP contribution in [0.3, 0.4) is 0 Å². The van der Waals surface area contributed by atoms with Crippen molar-refractivity contribution in [3.05, 3.63) is 22.7 Å². The van der Waals surface area contributed by atoms with Crippen molar-refractivity contribution in [2.75, 3.05) is 19.8 Å². The SMILES string of the molecule is CC(N)CCNC(=O)Cc1cc(Cl)c2c(c1)OCCO2.Cl. The minimum Gasteiger partial charge on any atom is -0.486 e. The molecule has 0 saturated carbocycles. The van der Waals surface area contributed by atoms with Crippen LogP contribution in [0.4, 0.5) is 0 Å². The van der Waals surface area contributed by atoms with Crippen molar-refractivity contribution >= 4 is 29.9 Å². The molecular formula is C14H20Cl2N2O3. The molecule has 0 radical (unpaired) electrons. The summed E-state index contributed by atoms with van der Waals surface area (Å²) in [5.41, 5.74) is 6.43. The van der Waals surface area contributed by atoms with E-state index in [1.807, 2.05) is 6.92 Å². The van der Waals surface area contributed by atoms with Crippen molar-refractivity contribution in [3.63, 3.8) is 0 Å². The molecule has 118 valence electrons. The molecule has 7 heteroatoms. The normalized spacial score (nSPS) is 14.0. The standard InChI is InChI=1S/C14H19ClN2O3.ClH/c1-9(16)2-3-17-13(18)8-10-6-11(15)14-12(7-10)19-4-5-20-14;/h6-7,9H,2-5,8,16H2,1H3,(H,17,18);1H. The number of ether oxygens (including phenoxy) is 2. The van der Waals surface area contributed by atoms with Gasteiger partial charge in [0.25, 0.3) is 0 Å². The second kappa shape index (κ2) is 8.32. The fourth-order valence-corrected chi connectivity index (χ4v) is 2.24.